The van der Waals surface area contributed by atoms with Crippen LogP contribution < -0.4 is 4.74 Å². The van der Waals surface area contributed by atoms with E-state index < -0.39 is 0 Å². The number of hydrogen-bond acceptors (Lipinski definition) is 4. The van der Waals surface area contributed by atoms with Gasteiger partial charge in [-0.25, -0.2) is 4.98 Å². The molecule has 1 saturated heterocycles. The van der Waals surface area contributed by atoms with E-state index in [4.69, 9.17) is 4.74 Å². The predicted octanol–water partition coefficient (Wildman–Crippen LogP) is 2.53. The van der Waals surface area contributed by atoms with Gasteiger partial charge < -0.3 is 14.6 Å². The average Bonchev–Trinajstić information content (AvgIpc) is 3.17. The van der Waals surface area contributed by atoms with Crippen molar-refractivity contribution >= 4 is 16.8 Å². The van der Waals surface area contributed by atoms with E-state index in [-0.39, 0.29) is 5.91 Å². The number of aromatic amines is 1. The molecule has 0 saturated carbocycles. The Morgan fingerprint density at radius 2 is 2.00 bits per heavy atom. The molecule has 1 aromatic carbocycles. The molecular formula is C20H22N4O2. The van der Waals surface area contributed by atoms with Gasteiger partial charge in [0.05, 0.1) is 7.11 Å². The normalized spacial score (nSPS) is 15.3. The Kier molecular flexibility index (Phi) is 4.58. The van der Waals surface area contributed by atoms with Crippen molar-refractivity contribution in [1.82, 2.24) is 19.8 Å². The zero-order chi connectivity index (χ0) is 17.9. The lowest BCUT2D eigenvalue weighted by molar-refractivity contribution is 0.0630. The fourth-order valence-electron chi connectivity index (χ4n) is 3.43. The summed E-state index contributed by atoms with van der Waals surface area (Å²) < 4.78 is 5.10. The van der Waals surface area contributed by atoms with Crippen LogP contribution in [0.15, 0.2) is 48.8 Å². The van der Waals surface area contributed by atoms with Crippen LogP contribution in [-0.4, -0.2) is 59.0 Å². The first-order chi connectivity index (χ1) is 12.7. The fraction of sp³-hybridized carbons (Fsp3) is 0.300. The first kappa shape index (κ1) is 16.6. The van der Waals surface area contributed by atoms with Crippen LogP contribution in [0.4, 0.5) is 0 Å². The number of ether oxygens (including phenoxy) is 1. The molecule has 0 bridgehead atoms. The number of aromatic nitrogens is 2. The summed E-state index contributed by atoms with van der Waals surface area (Å²) in [5, 5.41) is 0.990. The van der Waals surface area contributed by atoms with Gasteiger partial charge in [-0.05, 0) is 23.8 Å². The minimum Gasteiger partial charge on any atom is -0.481 e. The Labute approximate surface area is 152 Å². The van der Waals surface area contributed by atoms with Crippen LogP contribution in [-0.2, 0) is 6.54 Å². The monoisotopic (exact) mass is 350 g/mol. The van der Waals surface area contributed by atoms with Crippen molar-refractivity contribution in [2.45, 2.75) is 6.54 Å². The van der Waals surface area contributed by atoms with Crippen molar-refractivity contribution in [2.75, 3.05) is 33.3 Å². The molecule has 1 aliphatic heterocycles. The number of amides is 1. The van der Waals surface area contributed by atoms with E-state index in [0.29, 0.717) is 5.88 Å². The number of piperazine rings is 1. The highest BCUT2D eigenvalue weighted by Crippen LogP contribution is 2.20. The lowest BCUT2D eigenvalue weighted by Crippen LogP contribution is -2.48. The van der Waals surface area contributed by atoms with E-state index in [1.54, 1.807) is 7.11 Å². The van der Waals surface area contributed by atoms with Gasteiger partial charge in [-0.1, -0.05) is 12.1 Å². The summed E-state index contributed by atoms with van der Waals surface area (Å²) in [6, 6.07) is 11.7. The standard InChI is InChI=1S/C20H22N4O2/c1-26-19-6-5-15(13-22-19)14-23-9-11-24(12-10-23)20(25)17-3-2-4-18-16(17)7-8-21-18/h2-8,13,21H,9-12,14H2,1H3. The number of nitrogens with one attached hydrogen (secondary N) is 1. The Morgan fingerprint density at radius 3 is 2.73 bits per heavy atom. The number of pyridine rings is 1. The number of benzene rings is 1. The van der Waals surface area contributed by atoms with E-state index in [9.17, 15) is 4.79 Å². The van der Waals surface area contributed by atoms with Crippen LogP contribution in [0.3, 0.4) is 0 Å². The molecule has 1 fully saturated rings. The third-order valence-corrected chi connectivity index (χ3v) is 4.90. The van der Waals surface area contributed by atoms with Gasteiger partial charge in [0.1, 0.15) is 0 Å². The van der Waals surface area contributed by atoms with Crippen molar-refractivity contribution in [3.63, 3.8) is 0 Å². The van der Waals surface area contributed by atoms with Gasteiger partial charge >= 0.3 is 0 Å². The van der Waals surface area contributed by atoms with E-state index in [1.807, 2.05) is 53.7 Å². The molecule has 26 heavy (non-hydrogen) atoms. The zero-order valence-electron chi connectivity index (χ0n) is 14.8. The van der Waals surface area contributed by atoms with E-state index in [1.165, 1.54) is 0 Å². The summed E-state index contributed by atoms with van der Waals surface area (Å²) in [7, 11) is 1.62. The third-order valence-electron chi connectivity index (χ3n) is 4.90. The van der Waals surface area contributed by atoms with Gasteiger partial charge in [-0.15, -0.1) is 0 Å². The minimum absolute atomic E-state index is 0.112. The number of nitrogens with zero attached hydrogens (tertiary/aromatic N) is 3. The lowest BCUT2D eigenvalue weighted by Gasteiger charge is -2.34. The number of methoxy groups -OCH3 is 1. The van der Waals surface area contributed by atoms with Crippen LogP contribution in [0.1, 0.15) is 15.9 Å². The number of H-pyrrole nitrogens is 1. The second kappa shape index (κ2) is 7.17. The molecular weight excluding hydrogens is 328 g/mol. The largest absolute Gasteiger partial charge is 0.481 e. The Hall–Kier alpha value is -2.86. The second-order valence-corrected chi connectivity index (χ2v) is 6.52. The maximum Gasteiger partial charge on any atom is 0.254 e. The van der Waals surface area contributed by atoms with Gasteiger partial charge in [0.2, 0.25) is 5.88 Å². The lowest BCUT2D eigenvalue weighted by atomic mass is 10.1. The third kappa shape index (κ3) is 3.28. The Bertz CT molecular complexity index is 896. The van der Waals surface area contributed by atoms with Crippen molar-refractivity contribution in [3.8, 4) is 5.88 Å². The van der Waals surface area contributed by atoms with Crippen molar-refractivity contribution in [3.05, 3.63) is 59.9 Å². The molecule has 6 heteroatoms. The molecule has 1 aliphatic rings. The zero-order valence-corrected chi connectivity index (χ0v) is 14.8. The van der Waals surface area contributed by atoms with Crippen LogP contribution in [0, 0.1) is 0 Å². The van der Waals surface area contributed by atoms with Crippen LogP contribution in [0.2, 0.25) is 0 Å². The molecule has 1 N–H and O–H groups in total. The molecule has 6 nitrogen and oxygen atoms in total. The highest BCUT2D eigenvalue weighted by atomic mass is 16.5. The molecule has 4 rings (SSSR count). The van der Waals surface area contributed by atoms with Crippen molar-refractivity contribution in [2.24, 2.45) is 0 Å². The SMILES string of the molecule is COc1ccc(CN2CCN(C(=O)c3cccc4[nH]ccc34)CC2)cn1. The second-order valence-electron chi connectivity index (χ2n) is 6.52. The molecule has 134 valence electrons. The summed E-state index contributed by atoms with van der Waals surface area (Å²) in [5.74, 6) is 0.740. The topological polar surface area (TPSA) is 61.5 Å². The number of rotatable bonds is 4. The fourth-order valence-corrected chi connectivity index (χ4v) is 3.43. The smallest absolute Gasteiger partial charge is 0.254 e. The number of fused-ring (bicyclic) bond motifs is 1. The quantitative estimate of drug-likeness (QED) is 0.785. The van der Waals surface area contributed by atoms with E-state index >= 15 is 0 Å². The van der Waals surface area contributed by atoms with Crippen LogP contribution in [0.25, 0.3) is 10.9 Å². The van der Waals surface area contributed by atoms with E-state index in [0.717, 1.165) is 54.8 Å². The molecule has 0 aliphatic carbocycles. The van der Waals surface area contributed by atoms with Crippen LogP contribution in [0.5, 0.6) is 5.88 Å². The molecule has 0 spiro atoms. The average molecular weight is 350 g/mol. The molecule has 1 amide bonds. The first-order valence-electron chi connectivity index (χ1n) is 8.81. The molecule has 0 unspecified atom stereocenters. The summed E-state index contributed by atoms with van der Waals surface area (Å²) in [4.78, 5) is 24.6. The number of hydrogen-bond donors (Lipinski definition) is 1. The Morgan fingerprint density at radius 1 is 1.15 bits per heavy atom. The highest BCUT2D eigenvalue weighted by Gasteiger charge is 2.23. The summed E-state index contributed by atoms with van der Waals surface area (Å²) in [5.41, 5.74) is 2.93. The molecule has 2 aromatic heterocycles. The highest BCUT2D eigenvalue weighted by molar-refractivity contribution is 6.06. The van der Waals surface area contributed by atoms with Gasteiger partial charge in [0, 0.05) is 67.7 Å². The molecule has 3 aromatic rings. The molecule has 0 atom stereocenters. The molecule has 0 radical (unpaired) electrons. The summed E-state index contributed by atoms with van der Waals surface area (Å²) >= 11 is 0. The van der Waals surface area contributed by atoms with Gasteiger partial charge in [0.15, 0.2) is 0 Å². The molecule has 3 heterocycles. The number of carbonyl (C=O) groups excluding carboxylic acids is 1. The van der Waals surface area contributed by atoms with Crippen molar-refractivity contribution in [1.29, 1.82) is 0 Å². The maximum absolute atomic E-state index is 12.9. The minimum atomic E-state index is 0.112. The van der Waals surface area contributed by atoms with Gasteiger partial charge in [0.25, 0.3) is 5.91 Å². The van der Waals surface area contributed by atoms with Crippen molar-refractivity contribution < 1.29 is 9.53 Å². The van der Waals surface area contributed by atoms with E-state index in [2.05, 4.69) is 14.9 Å². The van der Waals surface area contributed by atoms with Gasteiger partial charge in [-0.3, -0.25) is 9.69 Å². The predicted molar refractivity (Wildman–Crippen MR) is 100 cm³/mol. The summed E-state index contributed by atoms with van der Waals surface area (Å²) in [6.45, 7) is 4.04. The Balaban J connectivity index is 1.38. The van der Waals surface area contributed by atoms with Gasteiger partial charge in [-0.2, -0.15) is 0 Å². The summed E-state index contributed by atoms with van der Waals surface area (Å²) in [6.07, 6.45) is 3.73. The van der Waals surface area contributed by atoms with Crippen LogP contribution >= 0.6 is 0 Å². The number of carbonyl (C=O) groups is 1. The maximum atomic E-state index is 12.9. The first-order valence-corrected chi connectivity index (χ1v) is 8.81.